The van der Waals surface area contributed by atoms with E-state index in [2.05, 4.69) is 39.5 Å². The zero-order chi connectivity index (χ0) is 13.7. The predicted molar refractivity (Wildman–Crippen MR) is 76.5 cm³/mol. The summed E-state index contributed by atoms with van der Waals surface area (Å²) in [5.74, 6) is 1.67. The zero-order valence-electron chi connectivity index (χ0n) is 12.8. The van der Waals surface area contributed by atoms with Crippen LogP contribution >= 0.6 is 0 Å². The summed E-state index contributed by atoms with van der Waals surface area (Å²) < 4.78 is 0. The molecule has 1 aliphatic rings. The van der Waals surface area contributed by atoms with Crippen LogP contribution in [0.3, 0.4) is 0 Å². The molecule has 18 heavy (non-hydrogen) atoms. The highest BCUT2D eigenvalue weighted by atomic mass is 16.2. The van der Waals surface area contributed by atoms with Gasteiger partial charge in [-0.25, -0.2) is 0 Å². The lowest BCUT2D eigenvalue weighted by molar-refractivity contribution is -0.135. The molecule has 0 aromatic carbocycles. The summed E-state index contributed by atoms with van der Waals surface area (Å²) >= 11 is 0. The lowest BCUT2D eigenvalue weighted by atomic mass is 9.99. The summed E-state index contributed by atoms with van der Waals surface area (Å²) in [4.78, 5) is 16.7. The fraction of sp³-hybridized carbons (Fsp3) is 0.933. The van der Waals surface area contributed by atoms with Crippen molar-refractivity contribution < 1.29 is 4.79 Å². The Labute approximate surface area is 113 Å². The van der Waals surface area contributed by atoms with Crippen LogP contribution in [-0.2, 0) is 4.79 Å². The first-order chi connectivity index (χ1) is 8.40. The van der Waals surface area contributed by atoms with E-state index in [0.717, 1.165) is 25.6 Å². The topological polar surface area (TPSA) is 23.6 Å². The summed E-state index contributed by atoms with van der Waals surface area (Å²) in [5, 5.41) is 0. The molecule has 1 aliphatic heterocycles. The second-order valence-electron chi connectivity index (χ2n) is 6.49. The molecule has 1 rings (SSSR count). The molecule has 0 saturated carbocycles. The largest absolute Gasteiger partial charge is 0.339 e. The van der Waals surface area contributed by atoms with E-state index in [1.54, 1.807) is 0 Å². The molecule has 0 bridgehead atoms. The van der Waals surface area contributed by atoms with Crippen LogP contribution < -0.4 is 0 Å². The van der Waals surface area contributed by atoms with E-state index in [-0.39, 0.29) is 0 Å². The lowest BCUT2D eigenvalue weighted by Crippen LogP contribution is -2.46. The Morgan fingerprint density at radius 1 is 1.22 bits per heavy atom. The number of carbonyl (C=O) groups is 1. The van der Waals surface area contributed by atoms with Gasteiger partial charge in [-0.05, 0) is 51.6 Å². The SMILES string of the molecule is CC(C)CN(C(=O)CN1CCC(C)CC1)C(C)C. The van der Waals surface area contributed by atoms with Gasteiger partial charge in [0.05, 0.1) is 6.54 Å². The van der Waals surface area contributed by atoms with E-state index in [1.807, 2.05) is 4.90 Å². The predicted octanol–water partition coefficient (Wildman–Crippen LogP) is 2.61. The van der Waals surface area contributed by atoms with Crippen molar-refractivity contribution in [1.82, 2.24) is 9.80 Å². The van der Waals surface area contributed by atoms with E-state index in [4.69, 9.17) is 0 Å². The number of likely N-dealkylation sites (tertiary alicyclic amines) is 1. The van der Waals surface area contributed by atoms with E-state index >= 15 is 0 Å². The van der Waals surface area contributed by atoms with Crippen molar-refractivity contribution in [2.75, 3.05) is 26.2 Å². The van der Waals surface area contributed by atoms with Crippen LogP contribution in [-0.4, -0.2) is 47.9 Å². The van der Waals surface area contributed by atoms with Crippen LogP contribution in [0.25, 0.3) is 0 Å². The third kappa shape index (κ3) is 4.97. The third-order valence-electron chi connectivity index (χ3n) is 3.74. The van der Waals surface area contributed by atoms with Gasteiger partial charge < -0.3 is 4.90 Å². The first-order valence-electron chi connectivity index (χ1n) is 7.42. The van der Waals surface area contributed by atoms with Gasteiger partial charge in [0.15, 0.2) is 0 Å². The van der Waals surface area contributed by atoms with Crippen molar-refractivity contribution in [1.29, 1.82) is 0 Å². The molecule has 1 saturated heterocycles. The van der Waals surface area contributed by atoms with E-state index in [0.29, 0.717) is 24.4 Å². The summed E-state index contributed by atoms with van der Waals surface area (Å²) in [6, 6.07) is 0.309. The highest BCUT2D eigenvalue weighted by Gasteiger charge is 2.23. The van der Waals surface area contributed by atoms with E-state index < -0.39 is 0 Å². The van der Waals surface area contributed by atoms with E-state index in [9.17, 15) is 4.79 Å². The van der Waals surface area contributed by atoms with Crippen LogP contribution in [0.5, 0.6) is 0 Å². The van der Waals surface area contributed by atoms with E-state index in [1.165, 1.54) is 12.8 Å². The smallest absolute Gasteiger partial charge is 0.236 e. The molecule has 0 spiro atoms. The van der Waals surface area contributed by atoms with Gasteiger partial charge in [-0.3, -0.25) is 9.69 Å². The van der Waals surface area contributed by atoms with Gasteiger partial charge in [0.25, 0.3) is 0 Å². The monoisotopic (exact) mass is 254 g/mol. The molecule has 106 valence electrons. The van der Waals surface area contributed by atoms with Crippen LogP contribution in [0.15, 0.2) is 0 Å². The van der Waals surface area contributed by atoms with Crippen molar-refractivity contribution in [2.24, 2.45) is 11.8 Å². The van der Waals surface area contributed by atoms with Crippen LogP contribution in [0.2, 0.25) is 0 Å². The van der Waals surface area contributed by atoms with Gasteiger partial charge in [0, 0.05) is 12.6 Å². The van der Waals surface area contributed by atoms with Gasteiger partial charge in [0.1, 0.15) is 0 Å². The fourth-order valence-corrected chi connectivity index (χ4v) is 2.50. The lowest BCUT2D eigenvalue weighted by Gasteiger charge is -2.34. The highest BCUT2D eigenvalue weighted by Crippen LogP contribution is 2.16. The Bertz CT molecular complexity index is 255. The fourth-order valence-electron chi connectivity index (χ4n) is 2.50. The Morgan fingerprint density at radius 3 is 2.22 bits per heavy atom. The zero-order valence-corrected chi connectivity index (χ0v) is 12.8. The molecule has 0 aliphatic carbocycles. The van der Waals surface area contributed by atoms with Gasteiger partial charge in [-0.15, -0.1) is 0 Å². The molecule has 0 N–H and O–H groups in total. The maximum Gasteiger partial charge on any atom is 0.236 e. The number of rotatable bonds is 5. The van der Waals surface area contributed by atoms with Crippen LogP contribution in [0.4, 0.5) is 0 Å². The molecular weight excluding hydrogens is 224 g/mol. The summed E-state index contributed by atoms with van der Waals surface area (Å²) in [6.07, 6.45) is 2.47. The average molecular weight is 254 g/mol. The highest BCUT2D eigenvalue weighted by molar-refractivity contribution is 5.78. The van der Waals surface area contributed by atoms with Gasteiger partial charge in [0.2, 0.25) is 5.91 Å². The number of carbonyl (C=O) groups excluding carboxylic acids is 1. The average Bonchev–Trinajstić information content (AvgIpc) is 2.28. The van der Waals surface area contributed by atoms with Crippen molar-refractivity contribution >= 4 is 5.91 Å². The van der Waals surface area contributed by atoms with Gasteiger partial charge in [-0.2, -0.15) is 0 Å². The molecule has 0 unspecified atom stereocenters. The number of hydrogen-bond donors (Lipinski definition) is 0. The second-order valence-corrected chi connectivity index (χ2v) is 6.49. The molecule has 3 heteroatoms. The molecule has 1 fully saturated rings. The molecule has 0 radical (unpaired) electrons. The number of amides is 1. The quantitative estimate of drug-likeness (QED) is 0.753. The van der Waals surface area contributed by atoms with Crippen molar-refractivity contribution in [3.8, 4) is 0 Å². The number of hydrogen-bond acceptors (Lipinski definition) is 2. The molecule has 1 heterocycles. The number of nitrogens with zero attached hydrogens (tertiary/aromatic N) is 2. The molecular formula is C15H30N2O. The molecule has 0 aromatic heterocycles. The summed E-state index contributed by atoms with van der Waals surface area (Å²) in [7, 11) is 0. The van der Waals surface area contributed by atoms with Crippen molar-refractivity contribution in [3.05, 3.63) is 0 Å². The summed E-state index contributed by atoms with van der Waals surface area (Å²) in [5.41, 5.74) is 0. The first kappa shape index (κ1) is 15.5. The molecule has 3 nitrogen and oxygen atoms in total. The minimum absolute atomic E-state index is 0.299. The maximum absolute atomic E-state index is 12.4. The summed E-state index contributed by atoms with van der Waals surface area (Å²) in [6.45, 7) is 14.5. The maximum atomic E-state index is 12.4. The van der Waals surface area contributed by atoms with Gasteiger partial charge in [-0.1, -0.05) is 20.8 Å². The molecule has 1 amide bonds. The third-order valence-corrected chi connectivity index (χ3v) is 3.74. The van der Waals surface area contributed by atoms with Crippen LogP contribution in [0, 0.1) is 11.8 Å². The Balaban J connectivity index is 2.46. The second kappa shape index (κ2) is 7.13. The van der Waals surface area contributed by atoms with Crippen LogP contribution in [0.1, 0.15) is 47.5 Å². The number of piperidine rings is 1. The Hall–Kier alpha value is -0.570. The van der Waals surface area contributed by atoms with Crippen molar-refractivity contribution in [3.63, 3.8) is 0 Å². The first-order valence-corrected chi connectivity index (χ1v) is 7.42. The molecule has 0 aromatic rings. The van der Waals surface area contributed by atoms with Gasteiger partial charge >= 0.3 is 0 Å². The standard InChI is InChI=1S/C15H30N2O/c1-12(2)10-17(13(3)4)15(18)11-16-8-6-14(5)7-9-16/h12-14H,6-11H2,1-5H3. The molecule has 0 atom stereocenters. The minimum Gasteiger partial charge on any atom is -0.339 e. The van der Waals surface area contributed by atoms with Crippen molar-refractivity contribution in [2.45, 2.75) is 53.5 Å². The normalized spacial score (nSPS) is 18.6. The Morgan fingerprint density at radius 2 is 1.78 bits per heavy atom. The Kier molecular flexibility index (Phi) is 6.13. The minimum atomic E-state index is 0.299.